The Balaban J connectivity index is 0.639. The van der Waals surface area contributed by atoms with Gasteiger partial charge in [-0.15, -0.1) is 0 Å². The molecule has 2 saturated carbocycles. The summed E-state index contributed by atoms with van der Waals surface area (Å²) in [5.41, 5.74) is 3.55. The molecule has 0 amide bonds. The number of esters is 6. The number of hydrogen-bond acceptors (Lipinski definition) is 15. The van der Waals surface area contributed by atoms with Gasteiger partial charge in [0, 0.05) is 25.7 Å². The first-order valence-electron chi connectivity index (χ1n) is 32.8. The summed E-state index contributed by atoms with van der Waals surface area (Å²) in [5, 5.41) is 0. The minimum absolute atomic E-state index is 0.103. The van der Waals surface area contributed by atoms with E-state index in [1.807, 2.05) is 24.3 Å². The molecule has 87 heavy (non-hydrogen) atoms. The first-order valence-corrected chi connectivity index (χ1v) is 32.8. The number of ether oxygens (including phenoxy) is 9. The van der Waals surface area contributed by atoms with Crippen LogP contribution in [0.25, 0.3) is 0 Å². The Labute approximate surface area is 517 Å². The summed E-state index contributed by atoms with van der Waals surface area (Å²) >= 11 is 0. The molecule has 15 nitrogen and oxygen atoms in total. The predicted molar refractivity (Wildman–Crippen MR) is 334 cm³/mol. The molecule has 0 atom stereocenters. The van der Waals surface area contributed by atoms with Crippen molar-refractivity contribution < 1.29 is 71.4 Å². The van der Waals surface area contributed by atoms with Crippen molar-refractivity contribution in [2.24, 2.45) is 11.8 Å². The molecule has 4 aromatic carbocycles. The van der Waals surface area contributed by atoms with Gasteiger partial charge in [0.15, 0.2) is 0 Å². The number of hydrogen-bond donors (Lipinski definition) is 0. The first kappa shape index (κ1) is 69.4. The molecule has 0 N–H and O–H groups in total. The zero-order chi connectivity index (χ0) is 61.5. The number of rotatable bonds is 42. The highest BCUT2D eigenvalue weighted by atomic mass is 16.6. The van der Waals surface area contributed by atoms with Crippen molar-refractivity contribution in [3.8, 4) is 23.0 Å². The van der Waals surface area contributed by atoms with Gasteiger partial charge in [0.1, 0.15) is 36.2 Å². The average molecular weight is 1200 g/mol. The molecule has 2 aliphatic rings. The van der Waals surface area contributed by atoms with Crippen molar-refractivity contribution in [1.82, 2.24) is 0 Å². The van der Waals surface area contributed by atoms with E-state index in [0.717, 1.165) is 50.4 Å². The van der Waals surface area contributed by atoms with Crippen LogP contribution in [0.2, 0.25) is 0 Å². The van der Waals surface area contributed by atoms with Gasteiger partial charge in [0.2, 0.25) is 0 Å². The van der Waals surface area contributed by atoms with Crippen LogP contribution in [0.4, 0.5) is 0 Å². The second-order valence-corrected chi connectivity index (χ2v) is 23.4. The lowest BCUT2D eigenvalue weighted by Crippen LogP contribution is -2.14. The zero-order valence-corrected chi connectivity index (χ0v) is 52.1. The van der Waals surface area contributed by atoms with Gasteiger partial charge in [-0.05, 0) is 236 Å². The summed E-state index contributed by atoms with van der Waals surface area (Å²) in [4.78, 5) is 74.1. The van der Waals surface area contributed by atoms with Crippen molar-refractivity contribution in [3.63, 3.8) is 0 Å². The molecule has 0 unspecified atom stereocenters. The van der Waals surface area contributed by atoms with Gasteiger partial charge in [-0.1, -0.05) is 63.8 Å². The molecule has 0 saturated heterocycles. The monoisotopic (exact) mass is 1200 g/mol. The highest BCUT2D eigenvalue weighted by Crippen LogP contribution is 2.39. The van der Waals surface area contributed by atoms with Gasteiger partial charge in [-0.2, -0.15) is 0 Å². The molecule has 0 spiro atoms. The van der Waals surface area contributed by atoms with Crippen LogP contribution in [0, 0.1) is 11.8 Å². The molecule has 0 aliphatic heterocycles. The highest BCUT2D eigenvalue weighted by molar-refractivity contribution is 5.91. The molecule has 0 radical (unpaired) electrons. The average Bonchev–Trinajstić information content (AvgIpc) is 3.62. The van der Waals surface area contributed by atoms with E-state index >= 15 is 0 Å². The summed E-state index contributed by atoms with van der Waals surface area (Å²) in [6.45, 7) is 6.72. The van der Waals surface area contributed by atoms with Gasteiger partial charge < -0.3 is 42.6 Å². The standard InChI is InChI=1S/C72H98O15/c1-3-17-55-23-27-57(28-24-55)59-31-43-65(44-32-59)86-71(77)61-35-39-63(40-36-61)80-47-13-5-9-19-67(73)82-49-15-7-11-21-69(75)84-53-51-79-52-54-85-70(76)22-12-8-16-50-83-68(74)20-10-6-14-48-81-64-41-37-62(38-42-64)72(78)87-66-45-33-60(34-46-66)58-29-25-56(18-4-2)26-30-58/h31-46,55-58H,3-30,47-54H2,1-2H3. The zero-order valence-electron chi connectivity index (χ0n) is 52.1. The van der Waals surface area contributed by atoms with Gasteiger partial charge >= 0.3 is 35.8 Å². The van der Waals surface area contributed by atoms with Crippen molar-refractivity contribution in [2.45, 2.75) is 205 Å². The van der Waals surface area contributed by atoms with E-state index in [0.29, 0.717) is 124 Å². The van der Waals surface area contributed by atoms with Crippen LogP contribution in [0.5, 0.6) is 23.0 Å². The first-order chi connectivity index (χ1) is 42.5. The van der Waals surface area contributed by atoms with E-state index < -0.39 is 11.9 Å². The van der Waals surface area contributed by atoms with Gasteiger partial charge in [0.25, 0.3) is 0 Å². The smallest absolute Gasteiger partial charge is 0.343 e. The summed E-state index contributed by atoms with van der Waals surface area (Å²) in [6, 6.07) is 29.8. The summed E-state index contributed by atoms with van der Waals surface area (Å²) < 4.78 is 49.5. The fraction of sp³-hybridized carbons (Fsp3) is 0.583. The maximum atomic E-state index is 12.8. The van der Waals surface area contributed by atoms with Crippen LogP contribution in [0.3, 0.4) is 0 Å². The van der Waals surface area contributed by atoms with E-state index in [1.54, 1.807) is 48.5 Å². The highest BCUT2D eigenvalue weighted by Gasteiger charge is 2.24. The van der Waals surface area contributed by atoms with Crippen molar-refractivity contribution in [3.05, 3.63) is 119 Å². The van der Waals surface area contributed by atoms with E-state index in [4.69, 9.17) is 42.6 Å². The minimum atomic E-state index is -0.407. The lowest BCUT2D eigenvalue weighted by Gasteiger charge is -2.28. The Morgan fingerprint density at radius 2 is 0.644 bits per heavy atom. The quantitative estimate of drug-likeness (QED) is 0.0176. The molecular weight excluding hydrogens is 1100 g/mol. The Morgan fingerprint density at radius 3 is 0.977 bits per heavy atom. The molecule has 2 fully saturated rings. The van der Waals surface area contributed by atoms with Crippen LogP contribution in [-0.4, -0.2) is 88.7 Å². The molecule has 0 heterocycles. The largest absolute Gasteiger partial charge is 0.494 e. The van der Waals surface area contributed by atoms with E-state index in [9.17, 15) is 28.8 Å². The number of carbonyl (C=O) groups is 6. The molecule has 0 bridgehead atoms. The van der Waals surface area contributed by atoms with Crippen molar-refractivity contribution in [1.29, 1.82) is 0 Å². The normalized spacial score (nSPS) is 16.5. The second-order valence-electron chi connectivity index (χ2n) is 23.4. The molecule has 476 valence electrons. The maximum Gasteiger partial charge on any atom is 0.343 e. The second kappa shape index (κ2) is 41.4. The van der Waals surface area contributed by atoms with E-state index in [-0.39, 0.29) is 63.1 Å². The predicted octanol–water partition coefficient (Wildman–Crippen LogP) is 16.2. The van der Waals surface area contributed by atoms with Crippen molar-refractivity contribution in [2.75, 3.05) is 52.9 Å². The Kier molecular flexibility index (Phi) is 33.0. The summed E-state index contributed by atoms with van der Waals surface area (Å²) in [5.74, 6) is 3.38. The SMILES string of the molecule is CCCC1CCC(c2ccc(OC(=O)c3ccc(OCCCCCC(=O)OCCCCCC(=O)OCCOCCOC(=O)CCCCCOC(=O)CCCCCOc4ccc(C(=O)Oc5ccc(C6CCC(CCC)CC6)cc5)cc4)cc3)cc2)CC1. The third kappa shape index (κ3) is 28.3. The minimum Gasteiger partial charge on any atom is -0.494 e. The molecule has 15 heteroatoms. The van der Waals surface area contributed by atoms with Gasteiger partial charge in [-0.3, -0.25) is 19.2 Å². The van der Waals surface area contributed by atoms with Crippen LogP contribution in [0.15, 0.2) is 97.1 Å². The van der Waals surface area contributed by atoms with Crippen LogP contribution in [0.1, 0.15) is 237 Å². The van der Waals surface area contributed by atoms with E-state index in [2.05, 4.69) is 38.1 Å². The molecule has 2 aliphatic carbocycles. The fourth-order valence-corrected chi connectivity index (χ4v) is 11.5. The lowest BCUT2D eigenvalue weighted by molar-refractivity contribution is -0.148. The number of benzene rings is 4. The maximum absolute atomic E-state index is 12.8. The van der Waals surface area contributed by atoms with Gasteiger partial charge in [-0.25, -0.2) is 9.59 Å². The fourth-order valence-electron chi connectivity index (χ4n) is 11.5. The molecule has 0 aromatic heterocycles. The van der Waals surface area contributed by atoms with Crippen LogP contribution < -0.4 is 18.9 Å². The number of unbranched alkanes of at least 4 members (excludes halogenated alkanes) is 8. The van der Waals surface area contributed by atoms with Crippen LogP contribution in [-0.2, 0) is 42.9 Å². The Hall–Kier alpha value is -6.74. The molecule has 4 aromatic rings. The van der Waals surface area contributed by atoms with Gasteiger partial charge in [0.05, 0.1) is 50.8 Å². The summed E-state index contributed by atoms with van der Waals surface area (Å²) in [6.07, 6.45) is 25.0. The molecule has 6 rings (SSSR count). The lowest BCUT2D eigenvalue weighted by atomic mass is 9.77. The summed E-state index contributed by atoms with van der Waals surface area (Å²) in [7, 11) is 0. The van der Waals surface area contributed by atoms with E-state index in [1.165, 1.54) is 88.2 Å². The Bertz CT molecular complexity index is 2400. The molecular formula is C72H98O15. The topological polar surface area (TPSA) is 185 Å². The third-order valence-corrected chi connectivity index (χ3v) is 16.5. The Morgan fingerprint density at radius 1 is 0.333 bits per heavy atom. The third-order valence-electron chi connectivity index (χ3n) is 16.5. The number of carbonyl (C=O) groups excluding carboxylic acids is 6. The van der Waals surface area contributed by atoms with Crippen LogP contribution >= 0.6 is 0 Å². The van der Waals surface area contributed by atoms with Crippen molar-refractivity contribution >= 4 is 35.8 Å².